The fourth-order valence-corrected chi connectivity index (χ4v) is 5.00. The van der Waals surface area contributed by atoms with E-state index in [0.29, 0.717) is 34.5 Å². The Morgan fingerprint density at radius 3 is 2.65 bits per heavy atom. The molecule has 5 nitrogen and oxygen atoms in total. The molecule has 0 aliphatic rings. The monoisotopic (exact) mass is 488 g/mol. The standard InChI is InChI=1S/C25H23F3N2O3S/c1-4-13-32-23-19(31)11-9-16-18(30-33-22(16)23)10-12-20-21(14(2)3)29-24(34-20)15-7-5-6-8-17(15)25(26,27)28/h4-9,11,14,31H,1,10,12-13H2,2-3H3. The second-order valence-corrected chi connectivity index (χ2v) is 9.13. The first-order valence-electron chi connectivity index (χ1n) is 10.7. The van der Waals surface area contributed by atoms with E-state index in [4.69, 9.17) is 9.26 Å². The van der Waals surface area contributed by atoms with Crippen LogP contribution in [0.25, 0.3) is 21.5 Å². The first-order valence-corrected chi connectivity index (χ1v) is 11.5. The SMILES string of the molecule is C=CCOc1c(O)ccc2c(CCc3sc(-c4ccccc4C(F)(F)F)nc3C(C)C)noc12. The van der Waals surface area contributed by atoms with Crippen molar-refractivity contribution >= 4 is 22.3 Å². The van der Waals surface area contributed by atoms with Crippen LogP contribution in [-0.2, 0) is 19.0 Å². The molecule has 4 rings (SSSR count). The first kappa shape index (κ1) is 23.8. The number of halogens is 3. The Hall–Kier alpha value is -3.33. The van der Waals surface area contributed by atoms with Gasteiger partial charge in [0, 0.05) is 15.8 Å². The van der Waals surface area contributed by atoms with E-state index in [0.717, 1.165) is 16.6 Å². The van der Waals surface area contributed by atoms with Crippen LogP contribution >= 0.6 is 11.3 Å². The number of fused-ring (bicyclic) bond motifs is 1. The number of hydrogen-bond donors (Lipinski definition) is 1. The molecule has 2 heterocycles. The summed E-state index contributed by atoms with van der Waals surface area (Å²) in [6, 6.07) is 8.72. The molecule has 0 saturated carbocycles. The van der Waals surface area contributed by atoms with Gasteiger partial charge in [-0.3, -0.25) is 0 Å². The van der Waals surface area contributed by atoms with Crippen LogP contribution in [0.3, 0.4) is 0 Å². The molecule has 0 unspecified atom stereocenters. The molecule has 9 heteroatoms. The van der Waals surface area contributed by atoms with Crippen LogP contribution in [0.5, 0.6) is 11.5 Å². The van der Waals surface area contributed by atoms with Crippen LogP contribution in [0.4, 0.5) is 13.2 Å². The largest absolute Gasteiger partial charge is 0.504 e. The first-order chi connectivity index (χ1) is 16.2. The predicted octanol–water partition coefficient (Wildman–Crippen LogP) is 7.15. The van der Waals surface area contributed by atoms with Gasteiger partial charge in [-0.05, 0) is 37.0 Å². The molecule has 34 heavy (non-hydrogen) atoms. The summed E-state index contributed by atoms with van der Waals surface area (Å²) in [6.07, 6.45) is -1.88. The third-order valence-electron chi connectivity index (χ3n) is 5.32. The third-order valence-corrected chi connectivity index (χ3v) is 6.49. The number of benzene rings is 2. The maximum absolute atomic E-state index is 13.5. The topological polar surface area (TPSA) is 68.4 Å². The summed E-state index contributed by atoms with van der Waals surface area (Å²) >= 11 is 1.27. The molecule has 0 saturated heterocycles. The van der Waals surface area contributed by atoms with E-state index >= 15 is 0 Å². The lowest BCUT2D eigenvalue weighted by Crippen LogP contribution is -2.06. The lowest BCUT2D eigenvalue weighted by atomic mass is 10.0. The average Bonchev–Trinajstić information content (AvgIpc) is 3.41. The number of nitrogens with zero attached hydrogens (tertiary/aromatic N) is 2. The van der Waals surface area contributed by atoms with Gasteiger partial charge in [-0.2, -0.15) is 13.2 Å². The van der Waals surface area contributed by atoms with Gasteiger partial charge in [0.25, 0.3) is 0 Å². The van der Waals surface area contributed by atoms with Gasteiger partial charge in [-0.15, -0.1) is 11.3 Å². The minimum Gasteiger partial charge on any atom is -0.504 e. The van der Waals surface area contributed by atoms with Crippen molar-refractivity contribution in [3.63, 3.8) is 0 Å². The van der Waals surface area contributed by atoms with Gasteiger partial charge in [-0.25, -0.2) is 4.98 Å². The minimum atomic E-state index is -4.46. The number of rotatable bonds is 8. The molecule has 0 aliphatic heterocycles. The van der Waals surface area contributed by atoms with Gasteiger partial charge >= 0.3 is 6.18 Å². The second-order valence-electron chi connectivity index (χ2n) is 8.04. The van der Waals surface area contributed by atoms with E-state index in [1.807, 2.05) is 13.8 Å². The molecular weight excluding hydrogens is 465 g/mol. The number of phenolic OH excluding ortho intramolecular Hbond substituents is 1. The number of aromatic hydroxyl groups is 1. The summed E-state index contributed by atoms with van der Waals surface area (Å²) in [5.74, 6) is 0.181. The zero-order chi connectivity index (χ0) is 24.5. The highest BCUT2D eigenvalue weighted by molar-refractivity contribution is 7.15. The predicted molar refractivity (Wildman–Crippen MR) is 125 cm³/mol. The van der Waals surface area contributed by atoms with Crippen molar-refractivity contribution in [2.75, 3.05) is 6.61 Å². The number of aryl methyl sites for hydroxylation is 2. The molecule has 0 atom stereocenters. The molecule has 2 aromatic heterocycles. The molecule has 0 fully saturated rings. The number of ether oxygens (including phenoxy) is 1. The van der Waals surface area contributed by atoms with Gasteiger partial charge in [0.2, 0.25) is 11.3 Å². The van der Waals surface area contributed by atoms with Crippen LogP contribution in [0.1, 0.15) is 41.6 Å². The number of phenols is 1. The van der Waals surface area contributed by atoms with Crippen molar-refractivity contribution in [1.29, 1.82) is 0 Å². The Kier molecular flexibility index (Phi) is 6.65. The summed E-state index contributed by atoms with van der Waals surface area (Å²) in [6.45, 7) is 7.73. The fourth-order valence-electron chi connectivity index (χ4n) is 3.74. The zero-order valence-corrected chi connectivity index (χ0v) is 19.5. The smallest absolute Gasteiger partial charge is 0.417 e. The van der Waals surface area contributed by atoms with Crippen molar-refractivity contribution in [1.82, 2.24) is 10.1 Å². The Bertz CT molecular complexity index is 1320. The molecule has 178 valence electrons. The van der Waals surface area contributed by atoms with Crippen LogP contribution in [0.15, 0.2) is 53.6 Å². The molecule has 1 N–H and O–H groups in total. The maximum atomic E-state index is 13.5. The van der Waals surface area contributed by atoms with E-state index in [2.05, 4.69) is 16.7 Å². The fraction of sp³-hybridized carbons (Fsp3) is 0.280. The van der Waals surface area contributed by atoms with Crippen LogP contribution in [-0.4, -0.2) is 21.9 Å². The highest BCUT2D eigenvalue weighted by Gasteiger charge is 2.34. The van der Waals surface area contributed by atoms with E-state index < -0.39 is 11.7 Å². The molecule has 0 amide bonds. The number of thiazole rings is 1. The van der Waals surface area contributed by atoms with Gasteiger partial charge in [0.15, 0.2) is 5.75 Å². The Morgan fingerprint density at radius 2 is 1.94 bits per heavy atom. The van der Waals surface area contributed by atoms with Gasteiger partial charge in [0.1, 0.15) is 11.6 Å². The van der Waals surface area contributed by atoms with Crippen LogP contribution in [0.2, 0.25) is 0 Å². The lowest BCUT2D eigenvalue weighted by Gasteiger charge is -2.10. The van der Waals surface area contributed by atoms with Gasteiger partial charge in [0.05, 0.1) is 17.0 Å². The number of aromatic nitrogens is 2. The molecule has 0 radical (unpaired) electrons. The summed E-state index contributed by atoms with van der Waals surface area (Å²) in [5.41, 5.74) is 1.17. The molecule has 0 aliphatic carbocycles. The van der Waals surface area contributed by atoms with E-state index in [9.17, 15) is 18.3 Å². The van der Waals surface area contributed by atoms with E-state index in [1.54, 1.807) is 18.2 Å². The normalized spacial score (nSPS) is 11.9. The summed E-state index contributed by atoms with van der Waals surface area (Å²) < 4.78 is 51.6. The minimum absolute atomic E-state index is 0.0444. The number of hydrogen-bond acceptors (Lipinski definition) is 6. The van der Waals surface area contributed by atoms with Crippen molar-refractivity contribution < 1.29 is 27.5 Å². The van der Waals surface area contributed by atoms with Crippen molar-refractivity contribution in [3.8, 4) is 22.1 Å². The zero-order valence-electron chi connectivity index (χ0n) is 18.6. The molecule has 4 aromatic rings. The highest BCUT2D eigenvalue weighted by atomic mass is 32.1. The van der Waals surface area contributed by atoms with Crippen molar-refractivity contribution in [3.05, 3.63) is 70.9 Å². The van der Waals surface area contributed by atoms with Crippen molar-refractivity contribution in [2.24, 2.45) is 0 Å². The van der Waals surface area contributed by atoms with Gasteiger partial charge in [-0.1, -0.05) is 49.9 Å². The molecular formula is C25H23F3N2O3S. The third kappa shape index (κ3) is 4.65. The average molecular weight is 489 g/mol. The lowest BCUT2D eigenvalue weighted by molar-refractivity contribution is -0.137. The van der Waals surface area contributed by atoms with E-state index in [1.165, 1.54) is 29.5 Å². The second kappa shape index (κ2) is 9.50. The summed E-state index contributed by atoms with van der Waals surface area (Å²) in [5, 5.41) is 15.3. The van der Waals surface area contributed by atoms with Gasteiger partial charge < -0.3 is 14.4 Å². The maximum Gasteiger partial charge on any atom is 0.417 e. The Morgan fingerprint density at radius 1 is 1.18 bits per heavy atom. The number of alkyl halides is 3. The summed E-state index contributed by atoms with van der Waals surface area (Å²) in [7, 11) is 0. The van der Waals surface area contributed by atoms with Crippen molar-refractivity contribution in [2.45, 2.75) is 38.8 Å². The van der Waals surface area contributed by atoms with Crippen LogP contribution in [0, 0.1) is 0 Å². The molecule has 0 spiro atoms. The Balaban J connectivity index is 1.66. The Labute approximate surface area is 198 Å². The highest BCUT2D eigenvalue weighted by Crippen LogP contribution is 2.41. The molecule has 2 aromatic carbocycles. The quantitative estimate of drug-likeness (QED) is 0.267. The molecule has 0 bridgehead atoms. The summed E-state index contributed by atoms with van der Waals surface area (Å²) in [4.78, 5) is 5.49. The van der Waals surface area contributed by atoms with E-state index in [-0.39, 0.29) is 29.6 Å². The van der Waals surface area contributed by atoms with Crippen LogP contribution < -0.4 is 4.74 Å².